The van der Waals surface area contributed by atoms with Gasteiger partial charge in [0.05, 0.1) is 5.60 Å². The summed E-state index contributed by atoms with van der Waals surface area (Å²) in [6.45, 7) is 0. The molecule has 0 saturated heterocycles. The first-order valence-electron chi connectivity index (χ1n) is 3.48. The predicted octanol–water partition coefficient (Wildman–Crippen LogP) is 0.527. The predicted molar refractivity (Wildman–Crippen MR) is 35.4 cm³/mol. The molecule has 3 fully saturated rings. The molecular weight excluding hydrogens is 114 g/mol. The van der Waals surface area contributed by atoms with E-state index in [1.165, 1.54) is 19.3 Å². The van der Waals surface area contributed by atoms with Crippen LogP contribution in [0.4, 0.5) is 0 Å². The molecule has 0 aromatic rings. The van der Waals surface area contributed by atoms with Crippen LogP contribution in [0.25, 0.3) is 0 Å². The van der Waals surface area contributed by atoms with Crippen molar-refractivity contribution in [3.63, 3.8) is 0 Å². The molecular formula is C7H13NO. The van der Waals surface area contributed by atoms with Crippen LogP contribution in [-0.2, 0) is 4.74 Å². The third kappa shape index (κ3) is 0.485. The first-order chi connectivity index (χ1) is 4.24. The average Bonchev–Trinajstić information content (AvgIpc) is 1.62. The molecule has 3 saturated carbocycles. The molecule has 0 radical (unpaired) electrons. The highest BCUT2D eigenvalue weighted by atomic mass is 16.5. The Labute approximate surface area is 55.6 Å². The Hall–Kier alpha value is -0.0800. The minimum Gasteiger partial charge on any atom is -0.378 e. The summed E-state index contributed by atoms with van der Waals surface area (Å²) in [5.74, 6) is 0. The van der Waals surface area contributed by atoms with Gasteiger partial charge >= 0.3 is 0 Å². The van der Waals surface area contributed by atoms with E-state index in [0.717, 1.165) is 0 Å². The molecule has 0 aliphatic heterocycles. The zero-order chi connectivity index (χ0) is 6.54. The lowest BCUT2D eigenvalue weighted by Gasteiger charge is -2.69. The van der Waals surface area contributed by atoms with E-state index >= 15 is 0 Å². The van der Waals surface area contributed by atoms with Crippen molar-refractivity contribution >= 4 is 0 Å². The SMILES string of the molecule is CNC12CC(OC)(C1)C2. The van der Waals surface area contributed by atoms with E-state index in [4.69, 9.17) is 4.74 Å². The molecule has 9 heavy (non-hydrogen) atoms. The smallest absolute Gasteiger partial charge is 0.0731 e. The third-order valence-electron chi connectivity index (χ3n) is 2.95. The van der Waals surface area contributed by atoms with Gasteiger partial charge in [-0.3, -0.25) is 0 Å². The van der Waals surface area contributed by atoms with Gasteiger partial charge in [0.1, 0.15) is 0 Å². The summed E-state index contributed by atoms with van der Waals surface area (Å²) < 4.78 is 5.33. The second kappa shape index (κ2) is 1.32. The van der Waals surface area contributed by atoms with E-state index in [2.05, 4.69) is 5.32 Å². The molecule has 2 bridgehead atoms. The van der Waals surface area contributed by atoms with Crippen LogP contribution in [0.1, 0.15) is 19.3 Å². The lowest BCUT2D eigenvalue weighted by atomic mass is 9.46. The molecule has 2 heteroatoms. The van der Waals surface area contributed by atoms with Gasteiger partial charge in [-0.15, -0.1) is 0 Å². The summed E-state index contributed by atoms with van der Waals surface area (Å²) in [7, 11) is 3.86. The normalized spacial score (nSPS) is 54.0. The van der Waals surface area contributed by atoms with Gasteiger partial charge in [0.15, 0.2) is 0 Å². The number of hydrogen-bond donors (Lipinski definition) is 1. The summed E-state index contributed by atoms with van der Waals surface area (Å²) in [5, 5.41) is 3.32. The molecule has 1 N–H and O–H groups in total. The summed E-state index contributed by atoms with van der Waals surface area (Å²) in [5.41, 5.74) is 0.805. The van der Waals surface area contributed by atoms with Crippen LogP contribution in [-0.4, -0.2) is 25.3 Å². The molecule has 0 atom stereocenters. The van der Waals surface area contributed by atoms with Crippen LogP contribution in [0.2, 0.25) is 0 Å². The van der Waals surface area contributed by atoms with Crippen LogP contribution in [0.15, 0.2) is 0 Å². The van der Waals surface area contributed by atoms with Crippen molar-refractivity contribution in [2.24, 2.45) is 0 Å². The van der Waals surface area contributed by atoms with Gasteiger partial charge in [-0.1, -0.05) is 0 Å². The van der Waals surface area contributed by atoms with Crippen LogP contribution >= 0.6 is 0 Å². The van der Waals surface area contributed by atoms with Crippen molar-refractivity contribution in [2.45, 2.75) is 30.4 Å². The molecule has 2 nitrogen and oxygen atoms in total. The minimum atomic E-state index is 0.309. The van der Waals surface area contributed by atoms with Crippen molar-refractivity contribution in [1.82, 2.24) is 5.32 Å². The highest BCUT2D eigenvalue weighted by Gasteiger charge is 2.67. The Morgan fingerprint density at radius 1 is 1.33 bits per heavy atom. The quantitative estimate of drug-likeness (QED) is 0.584. The number of nitrogens with one attached hydrogen (secondary N) is 1. The Balaban J connectivity index is 1.96. The minimum absolute atomic E-state index is 0.309. The fraction of sp³-hybridized carbons (Fsp3) is 1.00. The highest BCUT2D eigenvalue weighted by Crippen LogP contribution is 2.61. The Morgan fingerprint density at radius 2 is 1.89 bits per heavy atom. The van der Waals surface area contributed by atoms with E-state index in [1.807, 2.05) is 14.2 Å². The molecule has 3 rings (SSSR count). The van der Waals surface area contributed by atoms with Gasteiger partial charge in [0.2, 0.25) is 0 Å². The van der Waals surface area contributed by atoms with E-state index in [1.54, 1.807) is 0 Å². The fourth-order valence-electron chi connectivity index (χ4n) is 2.18. The first-order valence-corrected chi connectivity index (χ1v) is 3.48. The molecule has 3 aliphatic carbocycles. The average molecular weight is 127 g/mol. The fourth-order valence-corrected chi connectivity index (χ4v) is 2.18. The summed E-state index contributed by atoms with van der Waals surface area (Å²) in [4.78, 5) is 0. The molecule has 3 aliphatic rings. The lowest BCUT2D eigenvalue weighted by Crippen LogP contribution is -2.77. The van der Waals surface area contributed by atoms with E-state index in [9.17, 15) is 0 Å². The van der Waals surface area contributed by atoms with E-state index in [0.29, 0.717) is 11.1 Å². The van der Waals surface area contributed by atoms with Crippen LogP contribution in [0, 0.1) is 0 Å². The van der Waals surface area contributed by atoms with Crippen LogP contribution < -0.4 is 5.32 Å². The summed E-state index contributed by atoms with van der Waals surface area (Å²) >= 11 is 0. The Kier molecular flexibility index (Phi) is 0.837. The summed E-state index contributed by atoms with van der Waals surface area (Å²) in [6.07, 6.45) is 3.69. The van der Waals surface area contributed by atoms with E-state index in [-0.39, 0.29) is 0 Å². The molecule has 0 amide bonds. The highest BCUT2D eigenvalue weighted by molar-refractivity contribution is 5.25. The zero-order valence-electron chi connectivity index (χ0n) is 6.03. The lowest BCUT2D eigenvalue weighted by molar-refractivity contribution is -0.236. The maximum atomic E-state index is 5.33. The van der Waals surface area contributed by atoms with Crippen molar-refractivity contribution in [3.05, 3.63) is 0 Å². The number of hydrogen-bond acceptors (Lipinski definition) is 2. The molecule has 0 heterocycles. The van der Waals surface area contributed by atoms with Gasteiger partial charge < -0.3 is 10.1 Å². The van der Waals surface area contributed by atoms with Gasteiger partial charge in [-0.05, 0) is 26.3 Å². The van der Waals surface area contributed by atoms with Gasteiger partial charge in [-0.2, -0.15) is 0 Å². The second-order valence-electron chi connectivity index (χ2n) is 3.45. The number of rotatable bonds is 2. The maximum Gasteiger partial charge on any atom is 0.0731 e. The molecule has 0 spiro atoms. The topological polar surface area (TPSA) is 21.3 Å². The largest absolute Gasteiger partial charge is 0.378 e. The molecule has 0 unspecified atom stereocenters. The van der Waals surface area contributed by atoms with Crippen molar-refractivity contribution in [3.8, 4) is 0 Å². The van der Waals surface area contributed by atoms with E-state index < -0.39 is 0 Å². The zero-order valence-corrected chi connectivity index (χ0v) is 6.03. The molecule has 0 aromatic carbocycles. The molecule has 0 aromatic heterocycles. The Morgan fingerprint density at radius 3 is 2.22 bits per heavy atom. The molecule has 52 valence electrons. The van der Waals surface area contributed by atoms with Crippen LogP contribution in [0.3, 0.4) is 0 Å². The van der Waals surface area contributed by atoms with Crippen molar-refractivity contribution in [1.29, 1.82) is 0 Å². The van der Waals surface area contributed by atoms with Crippen molar-refractivity contribution < 1.29 is 4.74 Å². The third-order valence-corrected chi connectivity index (χ3v) is 2.95. The van der Waals surface area contributed by atoms with Gasteiger partial charge in [0.25, 0.3) is 0 Å². The standard InChI is InChI=1S/C7H13NO/c1-8-6-3-7(4-6,5-6)9-2/h8H,3-5H2,1-2H3. The number of methoxy groups -OCH3 is 1. The van der Waals surface area contributed by atoms with Gasteiger partial charge in [0, 0.05) is 12.6 Å². The maximum absolute atomic E-state index is 5.33. The van der Waals surface area contributed by atoms with Crippen LogP contribution in [0.5, 0.6) is 0 Å². The number of ether oxygens (including phenoxy) is 1. The summed E-state index contributed by atoms with van der Waals surface area (Å²) in [6, 6.07) is 0. The van der Waals surface area contributed by atoms with Gasteiger partial charge in [-0.25, -0.2) is 0 Å². The monoisotopic (exact) mass is 127 g/mol. The Bertz CT molecular complexity index is 110. The van der Waals surface area contributed by atoms with Crippen molar-refractivity contribution in [2.75, 3.05) is 14.2 Å². The second-order valence-corrected chi connectivity index (χ2v) is 3.45. The first kappa shape index (κ1) is 5.69.